The maximum atomic E-state index is 12.3. The van der Waals surface area contributed by atoms with Gasteiger partial charge in [0.05, 0.1) is 21.7 Å². The van der Waals surface area contributed by atoms with Gasteiger partial charge in [-0.05, 0) is 49.6 Å². The molecule has 2 aromatic carbocycles. The Labute approximate surface area is 212 Å². The van der Waals surface area contributed by atoms with Gasteiger partial charge in [0.15, 0.2) is 15.7 Å². The number of methoxy groups -OCH3 is 1. The number of hydrogen-bond donors (Lipinski definition) is 2. The van der Waals surface area contributed by atoms with E-state index in [4.69, 9.17) is 14.2 Å². The van der Waals surface area contributed by atoms with E-state index in [1.54, 1.807) is 18.2 Å². The first kappa shape index (κ1) is 24.7. The van der Waals surface area contributed by atoms with Crippen LogP contribution >= 0.6 is 0 Å². The minimum absolute atomic E-state index is 0.0683. The van der Waals surface area contributed by atoms with Crippen LogP contribution in [0.3, 0.4) is 0 Å². The number of aromatic amines is 1. The first-order chi connectivity index (χ1) is 17.7. The van der Waals surface area contributed by atoms with Crippen molar-refractivity contribution in [2.75, 3.05) is 18.2 Å². The van der Waals surface area contributed by atoms with Gasteiger partial charge in [-0.25, -0.2) is 13.2 Å². The van der Waals surface area contributed by atoms with Crippen molar-refractivity contribution in [3.05, 3.63) is 69.9 Å². The molecule has 1 fully saturated rings. The lowest BCUT2D eigenvalue weighted by Gasteiger charge is -2.12. The molecule has 3 atom stereocenters. The summed E-state index contributed by atoms with van der Waals surface area (Å²) in [7, 11) is -1.85. The standard InChI is InChI=1S/C24H24N4O8S/c1-34-21-13-37(32,33)22-9-3-15(11-19(21)22)25-23-12-20(26-27-23)14-2-6-18(10-14)36-24(29)35-17-7-4-16(5-8-17)28(30)31/h3-5,7-9,11-12,14,18,21H,2,6,10,13H2,1H3,(H2,25,26,27)/t14-,18+,21?/m0/s1. The van der Waals surface area contributed by atoms with Gasteiger partial charge in [-0.15, -0.1) is 0 Å². The van der Waals surface area contributed by atoms with Gasteiger partial charge in [0.2, 0.25) is 0 Å². The van der Waals surface area contributed by atoms with E-state index in [0.717, 1.165) is 12.1 Å². The van der Waals surface area contributed by atoms with Crippen LogP contribution in [0.2, 0.25) is 0 Å². The monoisotopic (exact) mass is 528 g/mol. The van der Waals surface area contributed by atoms with Gasteiger partial charge in [0.1, 0.15) is 11.9 Å². The lowest BCUT2D eigenvalue weighted by molar-refractivity contribution is -0.384. The van der Waals surface area contributed by atoms with Crippen molar-refractivity contribution in [2.24, 2.45) is 0 Å². The van der Waals surface area contributed by atoms with Crippen molar-refractivity contribution in [1.29, 1.82) is 0 Å². The molecule has 1 unspecified atom stereocenters. The van der Waals surface area contributed by atoms with Crippen molar-refractivity contribution in [3.63, 3.8) is 0 Å². The van der Waals surface area contributed by atoms with E-state index in [-0.39, 0.29) is 34.1 Å². The summed E-state index contributed by atoms with van der Waals surface area (Å²) >= 11 is 0. The molecule has 2 aliphatic rings. The Morgan fingerprint density at radius 2 is 1.95 bits per heavy atom. The number of sulfone groups is 1. The summed E-state index contributed by atoms with van der Waals surface area (Å²) in [5.41, 5.74) is 2.10. The second-order valence-corrected chi connectivity index (χ2v) is 10.9. The van der Waals surface area contributed by atoms with Gasteiger partial charge < -0.3 is 19.5 Å². The van der Waals surface area contributed by atoms with Crippen LogP contribution in [0.5, 0.6) is 5.75 Å². The van der Waals surface area contributed by atoms with E-state index in [0.29, 0.717) is 29.9 Å². The van der Waals surface area contributed by atoms with E-state index in [1.807, 2.05) is 6.07 Å². The van der Waals surface area contributed by atoms with Crippen molar-refractivity contribution in [1.82, 2.24) is 10.2 Å². The molecule has 194 valence electrons. The van der Waals surface area contributed by atoms with Crippen LogP contribution in [0.4, 0.5) is 22.0 Å². The van der Waals surface area contributed by atoms with Crippen molar-refractivity contribution < 1.29 is 32.3 Å². The number of anilines is 2. The van der Waals surface area contributed by atoms with Gasteiger partial charge in [-0.1, -0.05) is 0 Å². The Morgan fingerprint density at radius 3 is 2.68 bits per heavy atom. The Kier molecular flexibility index (Phi) is 6.56. The van der Waals surface area contributed by atoms with E-state index in [1.165, 1.54) is 31.4 Å². The lowest BCUT2D eigenvalue weighted by atomic mass is 10.0. The van der Waals surface area contributed by atoms with E-state index in [2.05, 4.69) is 15.5 Å². The number of ether oxygens (including phenoxy) is 3. The number of nitro benzene ring substituents is 1. The Morgan fingerprint density at radius 1 is 1.16 bits per heavy atom. The van der Waals surface area contributed by atoms with Gasteiger partial charge in [0, 0.05) is 48.2 Å². The number of carbonyl (C=O) groups excluding carboxylic acids is 1. The second kappa shape index (κ2) is 9.82. The van der Waals surface area contributed by atoms with Gasteiger partial charge in [0.25, 0.3) is 5.69 Å². The SMILES string of the molecule is COC1CS(=O)(=O)c2ccc(Nc3cc([C@H]4CC[C@@H](OC(=O)Oc5ccc([N+](=O)[O-])cc5)C4)[nH]n3)cc21. The van der Waals surface area contributed by atoms with Gasteiger partial charge in [-0.3, -0.25) is 15.2 Å². The number of H-pyrrole nitrogens is 1. The molecule has 1 aliphatic heterocycles. The smallest absolute Gasteiger partial charge is 0.431 e. The molecule has 0 saturated heterocycles. The Balaban J connectivity index is 1.16. The first-order valence-electron chi connectivity index (χ1n) is 11.6. The molecule has 1 aliphatic carbocycles. The average molecular weight is 529 g/mol. The highest BCUT2D eigenvalue weighted by atomic mass is 32.2. The number of nitrogens with one attached hydrogen (secondary N) is 2. The van der Waals surface area contributed by atoms with E-state index >= 15 is 0 Å². The number of aromatic nitrogens is 2. The largest absolute Gasteiger partial charge is 0.514 e. The van der Waals surface area contributed by atoms with Crippen LogP contribution in [0.25, 0.3) is 0 Å². The summed E-state index contributed by atoms with van der Waals surface area (Å²) in [4.78, 5) is 22.6. The van der Waals surface area contributed by atoms with Crippen molar-refractivity contribution >= 4 is 33.2 Å². The fourth-order valence-corrected chi connectivity index (χ4v) is 6.43. The maximum absolute atomic E-state index is 12.3. The zero-order chi connectivity index (χ0) is 26.2. The highest BCUT2D eigenvalue weighted by Crippen LogP contribution is 2.38. The Hall–Kier alpha value is -3.97. The summed E-state index contributed by atoms with van der Waals surface area (Å²) in [5, 5.41) is 21.3. The second-order valence-electron chi connectivity index (χ2n) is 8.94. The van der Waals surface area contributed by atoms with Crippen LogP contribution in [-0.4, -0.2) is 48.7 Å². The summed E-state index contributed by atoms with van der Waals surface area (Å²) in [6, 6.07) is 12.1. The predicted octanol–water partition coefficient (Wildman–Crippen LogP) is 4.39. The molecule has 0 radical (unpaired) electrons. The third-order valence-electron chi connectivity index (χ3n) is 6.55. The molecule has 2 N–H and O–H groups in total. The summed E-state index contributed by atoms with van der Waals surface area (Å²) in [6.07, 6.45) is 0.324. The fraction of sp³-hybridized carbons (Fsp3) is 0.333. The van der Waals surface area contributed by atoms with Crippen molar-refractivity contribution in [3.8, 4) is 5.75 Å². The molecule has 0 bridgehead atoms. The highest BCUT2D eigenvalue weighted by Gasteiger charge is 2.35. The molecule has 5 rings (SSSR count). The van der Waals surface area contributed by atoms with Crippen LogP contribution in [0.1, 0.15) is 42.5 Å². The summed E-state index contributed by atoms with van der Waals surface area (Å²) in [5.74, 6) is 0.770. The normalized spacial score (nSPS) is 21.8. The molecule has 1 aromatic heterocycles. The number of rotatable bonds is 7. The van der Waals surface area contributed by atoms with E-state index < -0.39 is 27.0 Å². The third kappa shape index (κ3) is 5.27. The predicted molar refractivity (Wildman–Crippen MR) is 131 cm³/mol. The van der Waals surface area contributed by atoms with Gasteiger partial charge in [-0.2, -0.15) is 5.10 Å². The van der Waals surface area contributed by atoms with Crippen LogP contribution in [0, 0.1) is 10.1 Å². The zero-order valence-corrected chi connectivity index (χ0v) is 20.6. The molecule has 0 amide bonds. The number of nitrogens with zero attached hydrogens (tertiary/aromatic N) is 2. The number of hydrogen-bond acceptors (Lipinski definition) is 10. The molecule has 13 heteroatoms. The minimum Gasteiger partial charge on any atom is -0.431 e. The van der Waals surface area contributed by atoms with Crippen LogP contribution in [0.15, 0.2) is 53.4 Å². The first-order valence-corrected chi connectivity index (χ1v) is 13.2. The molecule has 0 spiro atoms. The number of nitro groups is 1. The molecule has 3 aromatic rings. The lowest BCUT2D eigenvalue weighted by Crippen LogP contribution is -2.18. The van der Waals surface area contributed by atoms with Gasteiger partial charge >= 0.3 is 6.16 Å². The third-order valence-corrected chi connectivity index (χ3v) is 8.34. The Bertz CT molecular complexity index is 1440. The molecule has 1 saturated carbocycles. The summed E-state index contributed by atoms with van der Waals surface area (Å²) in [6.45, 7) is 0. The minimum atomic E-state index is -3.34. The molecule has 2 heterocycles. The molecule has 37 heavy (non-hydrogen) atoms. The zero-order valence-electron chi connectivity index (χ0n) is 19.7. The van der Waals surface area contributed by atoms with Crippen molar-refractivity contribution in [2.45, 2.75) is 42.3 Å². The highest BCUT2D eigenvalue weighted by molar-refractivity contribution is 7.91. The van der Waals surface area contributed by atoms with E-state index in [9.17, 15) is 23.3 Å². The quantitative estimate of drug-likeness (QED) is 0.195. The average Bonchev–Trinajstić information content (AvgIpc) is 3.57. The molecular formula is C24H24N4O8S. The molecular weight excluding hydrogens is 504 g/mol. The number of fused-ring (bicyclic) bond motifs is 1. The van der Waals surface area contributed by atoms with Crippen LogP contribution < -0.4 is 10.1 Å². The number of non-ortho nitro benzene ring substituents is 1. The molecule has 12 nitrogen and oxygen atoms in total. The summed E-state index contributed by atoms with van der Waals surface area (Å²) < 4.78 is 40.4. The van der Waals surface area contributed by atoms with Crippen LogP contribution in [-0.2, 0) is 19.3 Å². The number of benzene rings is 2. The number of carbonyl (C=O) groups is 1. The maximum Gasteiger partial charge on any atom is 0.514 e. The fourth-order valence-electron chi connectivity index (χ4n) is 4.71. The topological polar surface area (TPSA) is 163 Å².